The molecule has 12 N–H and O–H groups in total. The molecular formula is C94H111BrClFN16O25P4S4. The minimum Gasteiger partial charge on any atom is -0.509 e. The number of carbonyl (C=O) groups excluding carboxylic acids is 4. The Labute approximate surface area is 858 Å². The van der Waals surface area contributed by atoms with Crippen molar-refractivity contribution in [1.82, 2.24) is 19.6 Å². The molecule has 0 saturated carbocycles. The first-order chi connectivity index (χ1) is 67.6. The minimum absolute atomic E-state index is 0.0145. The number of furan rings is 1. The molecule has 1 aromatic heterocycles. The smallest absolute Gasteiger partial charge is 0.348 e. The quantitative estimate of drug-likeness (QED) is 0.0250. The topological polar surface area (TPSA) is 563 Å². The number of aliphatic hydroxyl groups excluding tert-OH is 4. The van der Waals surface area contributed by atoms with Gasteiger partial charge in [-0.25, -0.2) is 38.1 Å². The highest BCUT2D eigenvalue weighted by Gasteiger charge is 2.55. The molecule has 9 heterocycles. The molecule has 16 rings (SSSR count). The van der Waals surface area contributed by atoms with E-state index in [1.807, 2.05) is 138 Å². The Kier molecular flexibility index (Phi) is 31.6. The summed E-state index contributed by atoms with van der Waals surface area (Å²) in [6, 6.07) is 37.4. The van der Waals surface area contributed by atoms with E-state index >= 15 is 0 Å². The van der Waals surface area contributed by atoms with E-state index < -0.39 is 145 Å². The van der Waals surface area contributed by atoms with Gasteiger partial charge in [-0.15, -0.1) is 0 Å². The van der Waals surface area contributed by atoms with E-state index in [1.54, 1.807) is 15.9 Å². The first-order valence-corrected chi connectivity index (χ1v) is 59.5. The van der Waals surface area contributed by atoms with Crippen molar-refractivity contribution in [2.75, 3.05) is 93.6 Å². The molecule has 0 fully saturated rings. The third-order valence-electron chi connectivity index (χ3n) is 23.5. The van der Waals surface area contributed by atoms with Crippen LogP contribution >= 0.6 is 57.6 Å². The van der Waals surface area contributed by atoms with Gasteiger partial charge >= 0.3 is 30.1 Å². The van der Waals surface area contributed by atoms with Crippen molar-refractivity contribution in [3.8, 4) is 0 Å². The van der Waals surface area contributed by atoms with Crippen LogP contribution in [0.2, 0.25) is 5.02 Å². The molecule has 52 heteroatoms. The van der Waals surface area contributed by atoms with Crippen LogP contribution in [0.4, 0.5) is 49.9 Å². The fraction of sp³-hybridized carbons (Fsp3) is 0.340. The van der Waals surface area contributed by atoms with E-state index in [0.717, 1.165) is 46.2 Å². The monoisotopic (exact) mass is 2250 g/mol. The Bertz CT molecular complexity index is 7660. The number of nitrogens with zero attached hydrogens (tertiary/aromatic N) is 8. The number of hydrogen-bond donors (Lipinski definition) is 12. The zero-order valence-corrected chi connectivity index (χ0v) is 91.9. The third kappa shape index (κ3) is 24.3. The molecule has 146 heavy (non-hydrogen) atoms. The number of aliphatic hydroxyl groups is 4. The summed E-state index contributed by atoms with van der Waals surface area (Å²) >= 11 is 9.38. The van der Waals surface area contributed by atoms with Gasteiger partial charge in [0, 0.05) is 87.4 Å². The summed E-state index contributed by atoms with van der Waals surface area (Å²) in [5, 5.41) is 57.5. The maximum absolute atomic E-state index is 13.8. The minimum atomic E-state index is -3.98. The Morgan fingerprint density at radius 1 is 0.384 bits per heavy atom. The van der Waals surface area contributed by atoms with E-state index in [1.165, 1.54) is 142 Å². The van der Waals surface area contributed by atoms with E-state index in [4.69, 9.17) is 34.1 Å². The molecule has 8 aliphatic heterocycles. The normalized spacial score (nSPS) is 22.2. The van der Waals surface area contributed by atoms with Crippen molar-refractivity contribution in [2.45, 2.75) is 133 Å². The molecule has 41 nitrogen and oxygen atoms in total. The number of carbonyl (C=O) groups is 4. The standard InChI is InChI=1S/C24H28BrN4O6PS.C24H27ClFN4O6PS.C24H29N4O6PS.C22H27N4O7PS/c1-24(2,3)21-20(30)19(23(31)29(21)13-14-7-6-8-15(25)11-14)22-26-17-10-9-16(28-37(5,33)34)12-18(17)36(32,27-22)35-4;1-24(2,3)21-20(31)19(23(32)30(21)12-13-6-8-16(26)15(25)10-13)22-27-17-9-7-14(29-38(5,34)35)11-18(17)37(33,28-22)36-4;1-24(2,3)21-20(29)19(23(30)28(21)14-15-9-7-6-8-10-15)22-25-17-12-11-16(27-36(5,32)33)13-18(17)35(31,26-22)34-4;1-22(2,3)19-18(27)17(21(28)26(19)11-13-8-9-33-12-13)20-23-15-7-6-14(25-35(5,30)31)10-16(15)34(29,24-20)32-4/h6-12,21,28,30H,13H2,1-5H3,(H,26,27,32);6-11,21,29,31H,12H2,1-5H3,(H,27,28,33);6-13,21,27,29H,14H2,1-5H3,(H,25,26,31);6-10,12,19,25,27H,11H2,1-5H3,(H,23,24,29). The lowest BCUT2D eigenvalue weighted by molar-refractivity contribution is -0.129. The molecule has 0 spiro atoms. The molecule has 8 aromatic rings. The SMILES string of the molecule is COP1(=O)N=C(C2=C(O)C(C(C)(C)C)N(Cc3ccc(F)c(Cl)c3)C2=O)Nc2ccc(NS(C)(=O)=O)cc21.COP1(=O)N=C(C2=C(O)C(C(C)(C)C)N(Cc3cccc(Br)c3)C2=O)Nc2ccc(NS(C)(=O)=O)cc21.COP1(=O)N=C(C2=C(O)C(C(C)(C)C)N(Cc3ccccc3)C2=O)Nc2ccc(NS(C)(=O)=O)cc21.COP1(=O)N=C(C2=C(O)C(C(C)(C)C)N(Cc3ccoc3)C2=O)Nc2ccc(NS(C)(=O)=O)cc21. The first kappa shape index (κ1) is 111. The van der Waals surface area contributed by atoms with Crippen LogP contribution in [0.15, 0.2) is 237 Å². The molecule has 0 saturated heterocycles. The van der Waals surface area contributed by atoms with E-state index in [9.17, 15) is 95.9 Å². The molecular weight excluding hydrogens is 2140 g/mol. The summed E-state index contributed by atoms with van der Waals surface area (Å²) in [7, 11) is -25.2. The van der Waals surface area contributed by atoms with Crippen molar-refractivity contribution in [2.24, 2.45) is 40.7 Å². The van der Waals surface area contributed by atoms with Crippen LogP contribution < -0.4 is 61.4 Å². The van der Waals surface area contributed by atoms with Gasteiger partial charge in [-0.2, -0.15) is 19.1 Å². The van der Waals surface area contributed by atoms with Gasteiger partial charge in [0.25, 0.3) is 23.6 Å². The number of amidine groups is 4. The van der Waals surface area contributed by atoms with Crippen LogP contribution in [0.1, 0.15) is 105 Å². The molecule has 0 aliphatic carbocycles. The number of nitrogens with one attached hydrogen (secondary N) is 8. The zero-order chi connectivity index (χ0) is 108. The third-order valence-corrected chi connectivity index (χ3v) is 34.4. The number of hydrogen-bond acceptors (Lipinski definition) is 29. The summed E-state index contributed by atoms with van der Waals surface area (Å²) in [4.78, 5) is 60.8. The summed E-state index contributed by atoms with van der Waals surface area (Å²) in [5.41, 5.74) is 2.34. The zero-order valence-electron chi connectivity index (χ0n) is 82.7. The van der Waals surface area contributed by atoms with Crippen molar-refractivity contribution >= 4 is 211 Å². The van der Waals surface area contributed by atoms with E-state index in [2.05, 4.69) is 75.1 Å². The van der Waals surface area contributed by atoms with Crippen LogP contribution in [0.25, 0.3) is 0 Å². The van der Waals surface area contributed by atoms with Crippen molar-refractivity contribution < 1.29 is 118 Å². The van der Waals surface area contributed by atoms with Crippen LogP contribution in [-0.2, 0) is 122 Å². The number of sulfonamides is 4. The molecule has 8 unspecified atom stereocenters. The van der Waals surface area contributed by atoms with Crippen molar-refractivity contribution in [1.29, 1.82) is 0 Å². The summed E-state index contributed by atoms with van der Waals surface area (Å²) in [6.07, 6.45) is 7.01. The molecule has 7 aromatic carbocycles. The summed E-state index contributed by atoms with van der Waals surface area (Å²) in [6.45, 7) is 23.4. The summed E-state index contributed by atoms with van der Waals surface area (Å²) < 4.78 is 215. The molecule has 4 amide bonds. The molecule has 8 atom stereocenters. The van der Waals surface area contributed by atoms with Gasteiger partial charge in [-0.3, -0.25) is 56.3 Å². The first-order valence-electron chi connectivity index (χ1n) is 44.5. The lowest BCUT2D eigenvalue weighted by atomic mass is 9.85. The van der Waals surface area contributed by atoms with Crippen LogP contribution in [0.5, 0.6) is 0 Å². The van der Waals surface area contributed by atoms with Gasteiger partial charge in [0.15, 0.2) is 23.3 Å². The number of amides is 4. The fourth-order valence-corrected chi connectivity index (χ4v) is 26.7. The van der Waals surface area contributed by atoms with Crippen molar-refractivity contribution in [3.63, 3.8) is 0 Å². The molecule has 0 radical (unpaired) electrons. The number of anilines is 8. The van der Waals surface area contributed by atoms with Crippen LogP contribution in [-0.4, -0.2) is 198 Å². The predicted molar refractivity (Wildman–Crippen MR) is 565 cm³/mol. The maximum Gasteiger partial charge on any atom is 0.348 e. The molecule has 782 valence electrons. The second kappa shape index (κ2) is 41.4. The molecule has 8 aliphatic rings. The lowest BCUT2D eigenvalue weighted by Crippen LogP contribution is -2.43. The average Bonchev–Trinajstić information content (AvgIpc) is 1.56. The highest BCUT2D eigenvalue weighted by Crippen LogP contribution is 2.58. The number of halogens is 3. The Morgan fingerprint density at radius 3 is 0.897 bits per heavy atom. The Balaban J connectivity index is 0.000000163. The van der Waals surface area contributed by atoms with Gasteiger partial charge in [-0.05, 0) is 141 Å². The Morgan fingerprint density at radius 2 is 0.651 bits per heavy atom. The fourth-order valence-electron chi connectivity index (χ4n) is 17.7. The van der Waals surface area contributed by atoms with Gasteiger partial charge in [0.2, 0.25) is 40.1 Å². The van der Waals surface area contributed by atoms with Crippen LogP contribution in [0, 0.1) is 27.5 Å². The van der Waals surface area contributed by atoms with E-state index in [0.29, 0.717) is 22.6 Å². The van der Waals surface area contributed by atoms with Gasteiger partial charge in [-0.1, -0.05) is 159 Å². The average molecular weight is 2250 g/mol. The maximum atomic E-state index is 13.8. The van der Waals surface area contributed by atoms with Crippen LogP contribution in [0.3, 0.4) is 0 Å². The second-order valence-corrected chi connectivity index (χ2v) is 56.0. The lowest BCUT2D eigenvalue weighted by Gasteiger charge is -2.35. The summed E-state index contributed by atoms with van der Waals surface area (Å²) in [5.74, 6) is -3.79. The highest BCUT2D eigenvalue weighted by molar-refractivity contribution is 9.10. The largest absolute Gasteiger partial charge is 0.509 e. The van der Waals surface area contributed by atoms with Gasteiger partial charge in [0.05, 0.1) is 111 Å². The Hall–Kier alpha value is -11.8. The van der Waals surface area contributed by atoms with Gasteiger partial charge in [0.1, 0.15) is 51.1 Å². The van der Waals surface area contributed by atoms with E-state index in [-0.39, 0.29) is 150 Å². The molecule has 0 bridgehead atoms. The predicted octanol–water partition coefficient (Wildman–Crippen LogP) is 15.6. The number of rotatable bonds is 24. The number of benzene rings is 7. The van der Waals surface area contributed by atoms with Gasteiger partial charge < -0.3 is 83.8 Å². The van der Waals surface area contributed by atoms with Crippen molar-refractivity contribution in [3.05, 3.63) is 247 Å². The number of fused-ring (bicyclic) bond motifs is 4. The second-order valence-electron chi connectivity index (χ2n) is 39.4. The highest BCUT2D eigenvalue weighted by atomic mass is 79.9.